The molecule has 0 spiro atoms. The van der Waals surface area contributed by atoms with Gasteiger partial charge in [0.05, 0.1) is 12.2 Å². The van der Waals surface area contributed by atoms with Crippen molar-refractivity contribution in [1.29, 1.82) is 0 Å². The van der Waals surface area contributed by atoms with Gasteiger partial charge >= 0.3 is 0 Å². The Hall–Kier alpha value is -1.56. The molecule has 0 amide bonds. The maximum atomic E-state index is 12.3. The molecule has 0 bridgehead atoms. The first-order valence-electron chi connectivity index (χ1n) is 6.95. The van der Waals surface area contributed by atoms with E-state index in [2.05, 4.69) is 10.4 Å². The number of hydrogen-bond donors (Lipinski definition) is 1. The van der Waals surface area contributed by atoms with E-state index in [1.807, 2.05) is 30.1 Å². The highest BCUT2D eigenvalue weighted by atomic mass is 32.2. The molecule has 1 aliphatic carbocycles. The highest BCUT2D eigenvalue weighted by molar-refractivity contribution is 7.99. The van der Waals surface area contributed by atoms with Crippen molar-refractivity contribution < 1.29 is 8.78 Å². The van der Waals surface area contributed by atoms with Crippen molar-refractivity contribution in [3.8, 4) is 0 Å². The van der Waals surface area contributed by atoms with Gasteiger partial charge < -0.3 is 5.32 Å². The fraction of sp³-hybridized carbons (Fsp3) is 0.400. The number of alkyl halides is 2. The molecular weight excluding hydrogens is 292 g/mol. The number of nitrogens with zero attached hydrogens (tertiary/aromatic N) is 2. The molecule has 0 saturated heterocycles. The van der Waals surface area contributed by atoms with Crippen LogP contribution >= 0.6 is 11.8 Å². The van der Waals surface area contributed by atoms with Gasteiger partial charge in [0.25, 0.3) is 5.76 Å². The van der Waals surface area contributed by atoms with Crippen LogP contribution in [-0.4, -0.2) is 15.5 Å². The quantitative estimate of drug-likeness (QED) is 0.857. The third-order valence-corrected chi connectivity index (χ3v) is 4.52. The van der Waals surface area contributed by atoms with E-state index in [0.29, 0.717) is 16.7 Å². The Bertz CT molecular complexity index is 610. The summed E-state index contributed by atoms with van der Waals surface area (Å²) in [6, 6.07) is 7.42. The molecule has 0 aliphatic heterocycles. The highest BCUT2D eigenvalue weighted by Crippen LogP contribution is 2.33. The molecule has 1 heterocycles. The van der Waals surface area contributed by atoms with Gasteiger partial charge in [0, 0.05) is 28.9 Å². The molecule has 6 heteroatoms. The molecule has 1 unspecified atom stereocenters. The molecule has 0 saturated carbocycles. The molecule has 0 fully saturated rings. The summed E-state index contributed by atoms with van der Waals surface area (Å²) in [6.45, 7) is 0. The molecule has 1 atom stereocenters. The summed E-state index contributed by atoms with van der Waals surface area (Å²) in [5.74, 6) is -2.37. The average molecular weight is 309 g/mol. The van der Waals surface area contributed by atoms with Gasteiger partial charge in [-0.05, 0) is 43.5 Å². The summed E-state index contributed by atoms with van der Waals surface area (Å²) in [5, 5.41) is 7.81. The average Bonchev–Trinajstić information content (AvgIpc) is 2.83. The van der Waals surface area contributed by atoms with E-state index in [-0.39, 0.29) is 6.04 Å². The maximum Gasteiger partial charge on any atom is 0.288 e. The predicted octanol–water partition coefficient (Wildman–Crippen LogP) is 4.22. The standard InChI is InChI=1S/C15H17F2N3S/c1-20-14-4-2-3-13(12(14)9-18-20)19-10-5-7-11(8-6-10)21-15(16)17/h5-9,13,15,19H,2-4H2,1H3. The van der Waals surface area contributed by atoms with Gasteiger partial charge in [-0.1, -0.05) is 11.8 Å². The number of nitrogens with one attached hydrogen (secondary N) is 1. The van der Waals surface area contributed by atoms with E-state index in [0.717, 1.165) is 24.9 Å². The summed E-state index contributed by atoms with van der Waals surface area (Å²) in [5.41, 5.74) is 3.48. The zero-order valence-electron chi connectivity index (χ0n) is 11.7. The van der Waals surface area contributed by atoms with E-state index in [1.54, 1.807) is 12.1 Å². The molecule has 21 heavy (non-hydrogen) atoms. The number of rotatable bonds is 4. The van der Waals surface area contributed by atoms with E-state index in [1.165, 1.54) is 11.3 Å². The van der Waals surface area contributed by atoms with Crippen molar-refractivity contribution in [2.45, 2.75) is 36.0 Å². The van der Waals surface area contributed by atoms with E-state index in [9.17, 15) is 8.78 Å². The molecular formula is C15H17F2N3S. The Labute approximate surface area is 126 Å². The van der Waals surface area contributed by atoms with Crippen molar-refractivity contribution in [3.63, 3.8) is 0 Å². The Morgan fingerprint density at radius 1 is 1.33 bits per heavy atom. The number of aromatic nitrogens is 2. The molecule has 1 N–H and O–H groups in total. The van der Waals surface area contributed by atoms with Gasteiger partial charge in [0.15, 0.2) is 0 Å². The maximum absolute atomic E-state index is 12.3. The third-order valence-electron chi connectivity index (χ3n) is 3.80. The minimum Gasteiger partial charge on any atom is -0.378 e. The number of aryl methyl sites for hydroxylation is 1. The van der Waals surface area contributed by atoms with Gasteiger partial charge in [0.2, 0.25) is 0 Å². The Kier molecular flexibility index (Phi) is 4.14. The molecule has 3 nitrogen and oxygen atoms in total. The monoisotopic (exact) mass is 309 g/mol. The zero-order chi connectivity index (χ0) is 14.8. The number of hydrogen-bond acceptors (Lipinski definition) is 3. The van der Waals surface area contributed by atoms with Crippen LogP contribution in [0.25, 0.3) is 0 Å². The van der Waals surface area contributed by atoms with E-state index < -0.39 is 5.76 Å². The van der Waals surface area contributed by atoms with Crippen LogP contribution in [0.4, 0.5) is 14.5 Å². The number of fused-ring (bicyclic) bond motifs is 1. The smallest absolute Gasteiger partial charge is 0.288 e. The zero-order valence-corrected chi connectivity index (χ0v) is 12.5. The van der Waals surface area contributed by atoms with Gasteiger partial charge in [-0.2, -0.15) is 13.9 Å². The van der Waals surface area contributed by atoms with Crippen molar-refractivity contribution in [3.05, 3.63) is 41.7 Å². The minimum absolute atomic E-state index is 0.246. The lowest BCUT2D eigenvalue weighted by Gasteiger charge is -2.24. The summed E-state index contributed by atoms with van der Waals surface area (Å²) in [4.78, 5) is 0.585. The van der Waals surface area contributed by atoms with Gasteiger partial charge in [-0.3, -0.25) is 4.68 Å². The second-order valence-electron chi connectivity index (χ2n) is 5.16. The van der Waals surface area contributed by atoms with Gasteiger partial charge in [-0.25, -0.2) is 0 Å². The van der Waals surface area contributed by atoms with Crippen molar-refractivity contribution >= 4 is 17.4 Å². The molecule has 112 valence electrons. The van der Waals surface area contributed by atoms with Crippen LogP contribution in [0.2, 0.25) is 0 Å². The Morgan fingerprint density at radius 2 is 2.10 bits per heavy atom. The molecule has 0 radical (unpaired) electrons. The first-order valence-corrected chi connectivity index (χ1v) is 7.83. The molecule has 2 aromatic rings. The lowest BCUT2D eigenvalue weighted by atomic mass is 9.93. The molecule has 3 rings (SSSR count). The number of thioether (sulfide) groups is 1. The lowest BCUT2D eigenvalue weighted by molar-refractivity contribution is 0.252. The number of halogens is 2. The van der Waals surface area contributed by atoms with Crippen LogP contribution in [0.5, 0.6) is 0 Å². The van der Waals surface area contributed by atoms with E-state index >= 15 is 0 Å². The fourth-order valence-corrected chi connectivity index (χ4v) is 3.29. The van der Waals surface area contributed by atoms with Crippen molar-refractivity contribution in [2.24, 2.45) is 7.05 Å². The highest BCUT2D eigenvalue weighted by Gasteiger charge is 2.23. The number of benzene rings is 1. The first-order chi connectivity index (χ1) is 10.1. The first kappa shape index (κ1) is 14.4. The molecule has 1 aromatic heterocycles. The SMILES string of the molecule is Cn1ncc2c1CCCC2Nc1ccc(SC(F)F)cc1. The van der Waals surface area contributed by atoms with Crippen LogP contribution in [0.1, 0.15) is 30.1 Å². The topological polar surface area (TPSA) is 29.9 Å². The van der Waals surface area contributed by atoms with Crippen LogP contribution in [0.15, 0.2) is 35.4 Å². The summed E-state index contributed by atoms with van der Waals surface area (Å²) in [7, 11) is 1.97. The summed E-state index contributed by atoms with van der Waals surface area (Å²) in [6.07, 6.45) is 5.18. The van der Waals surface area contributed by atoms with Gasteiger partial charge in [-0.15, -0.1) is 0 Å². The Morgan fingerprint density at radius 3 is 2.81 bits per heavy atom. The predicted molar refractivity (Wildman–Crippen MR) is 80.8 cm³/mol. The third kappa shape index (κ3) is 3.20. The Balaban J connectivity index is 1.72. The molecule has 1 aromatic carbocycles. The van der Waals surface area contributed by atoms with Crippen LogP contribution in [-0.2, 0) is 13.5 Å². The van der Waals surface area contributed by atoms with Crippen LogP contribution < -0.4 is 5.32 Å². The van der Waals surface area contributed by atoms with Crippen molar-refractivity contribution in [1.82, 2.24) is 9.78 Å². The lowest BCUT2D eigenvalue weighted by Crippen LogP contribution is -2.17. The largest absolute Gasteiger partial charge is 0.378 e. The minimum atomic E-state index is -2.37. The molecule has 1 aliphatic rings. The summed E-state index contributed by atoms with van der Waals surface area (Å²) < 4.78 is 26.5. The fourth-order valence-electron chi connectivity index (χ4n) is 2.79. The van der Waals surface area contributed by atoms with Gasteiger partial charge in [0.1, 0.15) is 0 Å². The summed E-state index contributed by atoms with van der Waals surface area (Å²) >= 11 is 0.571. The second kappa shape index (κ2) is 6.05. The normalized spacial score (nSPS) is 17.8. The van der Waals surface area contributed by atoms with Crippen LogP contribution in [0, 0.1) is 0 Å². The van der Waals surface area contributed by atoms with Crippen molar-refractivity contribution in [2.75, 3.05) is 5.32 Å². The second-order valence-corrected chi connectivity index (χ2v) is 6.23. The van der Waals surface area contributed by atoms with E-state index in [4.69, 9.17) is 0 Å². The number of anilines is 1. The van der Waals surface area contributed by atoms with Crippen LogP contribution in [0.3, 0.4) is 0 Å².